The number of hydrogen-bond acceptors (Lipinski definition) is 2. The quantitative estimate of drug-likeness (QED) is 0.663. The van der Waals surface area contributed by atoms with Crippen molar-refractivity contribution in [3.63, 3.8) is 0 Å². The fourth-order valence-corrected chi connectivity index (χ4v) is 2.97. The van der Waals surface area contributed by atoms with Crippen LogP contribution in [0.4, 0.5) is 0 Å². The molecule has 1 rings (SSSR count). The maximum atomic E-state index is 11.7. The number of rotatable bonds is 7. The van der Waals surface area contributed by atoms with Gasteiger partial charge in [-0.1, -0.05) is 32.4 Å². The summed E-state index contributed by atoms with van der Waals surface area (Å²) < 4.78 is 1.07. The average molecular weight is 315 g/mol. The Morgan fingerprint density at radius 3 is 2.71 bits per heavy atom. The van der Waals surface area contributed by atoms with Crippen molar-refractivity contribution >= 4 is 33.5 Å². The third kappa shape index (κ3) is 6.27. The normalized spacial score (nSPS) is 10.8. The van der Waals surface area contributed by atoms with E-state index in [4.69, 9.17) is 0 Å². The van der Waals surface area contributed by atoms with Gasteiger partial charge in [-0.25, -0.2) is 0 Å². The lowest BCUT2D eigenvalue weighted by molar-refractivity contribution is -0.116. The molecule has 0 bridgehead atoms. The molecule has 0 aliphatic carbocycles. The average Bonchev–Trinajstić information content (AvgIpc) is 2.27. The Balaban J connectivity index is 2.26. The SMILES string of the molecule is CC(C)CCCC(=O)CSc1ccccc1Br. The van der Waals surface area contributed by atoms with Gasteiger partial charge in [0, 0.05) is 15.8 Å². The highest BCUT2D eigenvalue weighted by atomic mass is 79.9. The van der Waals surface area contributed by atoms with Crippen LogP contribution in [-0.4, -0.2) is 11.5 Å². The van der Waals surface area contributed by atoms with Crippen molar-refractivity contribution in [1.82, 2.24) is 0 Å². The second-order valence-corrected chi connectivity index (χ2v) is 6.42. The predicted molar refractivity (Wildman–Crippen MR) is 78.6 cm³/mol. The molecule has 0 amide bonds. The number of ketones is 1. The molecule has 0 saturated heterocycles. The Bertz CT molecular complexity index is 363. The van der Waals surface area contributed by atoms with E-state index in [1.165, 1.54) is 0 Å². The van der Waals surface area contributed by atoms with Gasteiger partial charge in [0.05, 0.1) is 5.75 Å². The van der Waals surface area contributed by atoms with Crippen molar-refractivity contribution in [3.05, 3.63) is 28.7 Å². The number of Topliss-reactive ketones (excluding diaryl/α,β-unsaturated/α-hetero) is 1. The summed E-state index contributed by atoms with van der Waals surface area (Å²) in [5.74, 6) is 1.63. The molecule has 0 aliphatic rings. The summed E-state index contributed by atoms with van der Waals surface area (Å²) in [6, 6.07) is 8.02. The van der Waals surface area contributed by atoms with Crippen molar-refractivity contribution in [2.45, 2.75) is 38.0 Å². The summed E-state index contributed by atoms with van der Waals surface area (Å²) in [4.78, 5) is 12.8. The van der Waals surface area contributed by atoms with E-state index in [-0.39, 0.29) is 0 Å². The fraction of sp³-hybridized carbons (Fsp3) is 0.500. The Hall–Kier alpha value is -0.280. The number of thioether (sulfide) groups is 1. The third-order valence-corrected chi connectivity index (χ3v) is 4.55. The van der Waals surface area contributed by atoms with Crippen LogP contribution in [0, 0.1) is 5.92 Å². The first kappa shape index (κ1) is 14.8. The van der Waals surface area contributed by atoms with Crippen LogP contribution in [-0.2, 0) is 4.79 Å². The van der Waals surface area contributed by atoms with Crippen LogP contribution in [0.5, 0.6) is 0 Å². The van der Waals surface area contributed by atoms with E-state index < -0.39 is 0 Å². The first-order valence-corrected chi connectivity index (χ1v) is 7.76. The lowest BCUT2D eigenvalue weighted by atomic mass is 10.1. The summed E-state index contributed by atoms with van der Waals surface area (Å²) >= 11 is 5.10. The zero-order valence-electron chi connectivity index (χ0n) is 10.4. The summed E-state index contributed by atoms with van der Waals surface area (Å²) in [6.45, 7) is 4.39. The van der Waals surface area contributed by atoms with E-state index in [1.807, 2.05) is 24.3 Å². The minimum Gasteiger partial charge on any atom is -0.299 e. The van der Waals surface area contributed by atoms with Gasteiger partial charge >= 0.3 is 0 Å². The second-order valence-electron chi connectivity index (χ2n) is 4.54. The van der Waals surface area contributed by atoms with E-state index in [0.29, 0.717) is 17.5 Å². The molecule has 1 nitrogen and oxygen atoms in total. The topological polar surface area (TPSA) is 17.1 Å². The summed E-state index contributed by atoms with van der Waals surface area (Å²) in [5, 5.41) is 0. The van der Waals surface area contributed by atoms with Gasteiger partial charge in [0.15, 0.2) is 0 Å². The van der Waals surface area contributed by atoms with Gasteiger partial charge in [0.1, 0.15) is 5.78 Å². The Labute approximate surface area is 117 Å². The van der Waals surface area contributed by atoms with Crippen molar-refractivity contribution in [2.75, 3.05) is 5.75 Å². The van der Waals surface area contributed by atoms with Gasteiger partial charge in [-0.15, -0.1) is 11.8 Å². The zero-order valence-corrected chi connectivity index (χ0v) is 12.8. The van der Waals surface area contributed by atoms with E-state index in [2.05, 4.69) is 29.8 Å². The molecular formula is C14H19BrOS. The van der Waals surface area contributed by atoms with E-state index in [1.54, 1.807) is 11.8 Å². The Kier molecular flexibility index (Phi) is 6.90. The second kappa shape index (κ2) is 7.93. The molecule has 1 aromatic rings. The Morgan fingerprint density at radius 1 is 1.35 bits per heavy atom. The molecule has 0 aromatic heterocycles. The number of carbonyl (C=O) groups is 1. The van der Waals surface area contributed by atoms with Crippen molar-refractivity contribution in [3.8, 4) is 0 Å². The van der Waals surface area contributed by atoms with Gasteiger partial charge in [-0.2, -0.15) is 0 Å². The van der Waals surface area contributed by atoms with Crippen molar-refractivity contribution in [2.24, 2.45) is 5.92 Å². The van der Waals surface area contributed by atoms with Crippen molar-refractivity contribution < 1.29 is 4.79 Å². The van der Waals surface area contributed by atoms with Gasteiger partial charge < -0.3 is 0 Å². The fourth-order valence-electron chi connectivity index (χ4n) is 1.50. The number of benzene rings is 1. The molecule has 1 aromatic carbocycles. The molecule has 0 N–H and O–H groups in total. The number of carbonyl (C=O) groups excluding carboxylic acids is 1. The summed E-state index contributed by atoms with van der Waals surface area (Å²) in [5.41, 5.74) is 0. The first-order valence-electron chi connectivity index (χ1n) is 5.98. The van der Waals surface area contributed by atoms with E-state index >= 15 is 0 Å². The maximum Gasteiger partial charge on any atom is 0.143 e. The minimum atomic E-state index is 0.353. The molecular weight excluding hydrogens is 296 g/mol. The number of halogens is 1. The smallest absolute Gasteiger partial charge is 0.143 e. The standard InChI is InChI=1S/C14H19BrOS/c1-11(2)6-5-7-12(16)10-17-14-9-4-3-8-13(14)15/h3-4,8-9,11H,5-7,10H2,1-2H3. The van der Waals surface area contributed by atoms with Gasteiger partial charge in [0.25, 0.3) is 0 Å². The van der Waals surface area contributed by atoms with Gasteiger partial charge in [-0.05, 0) is 40.4 Å². The highest BCUT2D eigenvalue weighted by Gasteiger charge is 2.05. The highest BCUT2D eigenvalue weighted by Crippen LogP contribution is 2.27. The van der Waals surface area contributed by atoms with Gasteiger partial charge in [0.2, 0.25) is 0 Å². The van der Waals surface area contributed by atoms with Crippen molar-refractivity contribution in [1.29, 1.82) is 0 Å². The highest BCUT2D eigenvalue weighted by molar-refractivity contribution is 9.10. The van der Waals surface area contributed by atoms with Crippen LogP contribution < -0.4 is 0 Å². The van der Waals surface area contributed by atoms with Gasteiger partial charge in [-0.3, -0.25) is 4.79 Å². The van der Waals surface area contributed by atoms with Crippen LogP contribution in [0.25, 0.3) is 0 Å². The molecule has 0 heterocycles. The first-order chi connectivity index (χ1) is 8.09. The largest absolute Gasteiger partial charge is 0.299 e. The van der Waals surface area contributed by atoms with Crippen LogP contribution in [0.3, 0.4) is 0 Å². The molecule has 0 radical (unpaired) electrons. The molecule has 0 spiro atoms. The summed E-state index contributed by atoms with van der Waals surface area (Å²) in [7, 11) is 0. The Morgan fingerprint density at radius 2 is 2.06 bits per heavy atom. The van der Waals surface area contributed by atoms with E-state index in [0.717, 1.165) is 28.6 Å². The zero-order chi connectivity index (χ0) is 12.7. The number of hydrogen-bond donors (Lipinski definition) is 0. The maximum absolute atomic E-state index is 11.7. The van der Waals surface area contributed by atoms with Crippen LogP contribution in [0.1, 0.15) is 33.1 Å². The predicted octanol–water partition coefficient (Wildman–Crippen LogP) is 4.94. The molecule has 17 heavy (non-hydrogen) atoms. The molecule has 0 atom stereocenters. The third-order valence-electron chi connectivity index (χ3n) is 2.46. The monoisotopic (exact) mass is 314 g/mol. The minimum absolute atomic E-state index is 0.353. The lowest BCUT2D eigenvalue weighted by Crippen LogP contribution is -2.02. The molecule has 3 heteroatoms. The van der Waals surface area contributed by atoms with Crippen LogP contribution in [0.2, 0.25) is 0 Å². The molecule has 0 unspecified atom stereocenters. The molecule has 0 saturated carbocycles. The van der Waals surface area contributed by atoms with Crippen LogP contribution in [0.15, 0.2) is 33.6 Å². The molecule has 0 fully saturated rings. The lowest BCUT2D eigenvalue weighted by Gasteiger charge is -2.05. The molecule has 94 valence electrons. The molecule has 0 aliphatic heterocycles. The van der Waals surface area contributed by atoms with E-state index in [9.17, 15) is 4.79 Å². The summed E-state index contributed by atoms with van der Waals surface area (Å²) in [6.07, 6.45) is 2.88. The van der Waals surface area contributed by atoms with Crippen LogP contribution >= 0.6 is 27.7 Å².